The Bertz CT molecular complexity index is 2270. The molecular formula is C39H25N5. The summed E-state index contributed by atoms with van der Waals surface area (Å²) >= 11 is 0. The molecule has 0 radical (unpaired) electrons. The van der Waals surface area contributed by atoms with Crippen LogP contribution in [0.5, 0.6) is 0 Å². The van der Waals surface area contributed by atoms with Gasteiger partial charge in [0.15, 0.2) is 0 Å². The van der Waals surface area contributed by atoms with Crippen LogP contribution in [0, 0.1) is 39.9 Å². The Kier molecular flexibility index (Phi) is 5.83. The highest BCUT2D eigenvalue weighted by Gasteiger charge is 2.42. The molecule has 5 nitrogen and oxygen atoms in total. The summed E-state index contributed by atoms with van der Waals surface area (Å²) in [6.07, 6.45) is 13.2. The number of allylic oxidation sites excluding steroid dienone is 6. The van der Waals surface area contributed by atoms with Gasteiger partial charge in [0.05, 0.1) is 51.9 Å². The minimum Gasteiger partial charge on any atom is -0.332 e. The number of hydrogen-bond acceptors (Lipinski definition) is 4. The lowest BCUT2D eigenvalue weighted by Crippen LogP contribution is -2.32. The normalized spacial score (nSPS) is 19.9. The Morgan fingerprint density at radius 3 is 2.39 bits per heavy atom. The Labute approximate surface area is 255 Å². The third-order valence-electron chi connectivity index (χ3n) is 9.11. The van der Waals surface area contributed by atoms with Crippen LogP contribution in [-0.2, 0) is 0 Å². The fourth-order valence-corrected chi connectivity index (χ4v) is 7.28. The Morgan fingerprint density at radius 1 is 0.727 bits per heavy atom. The molecule has 0 saturated heterocycles. The van der Waals surface area contributed by atoms with Crippen LogP contribution in [-0.4, -0.2) is 10.6 Å². The van der Waals surface area contributed by atoms with E-state index in [0.29, 0.717) is 17.5 Å². The standard InChI is InChI=1S/C39H25N5/c40-22-25-8-5-10-28(20-25)43-37-19-18-26(23-41)21-34(37)33-15-7-13-31(38(33)43)32-14-6-12-30-29-11-2-4-17-36(29)44(39(30)32)35-16-3-1-9-27(35)24-42/h1-19,21,25,30,39H,20H2. The lowest BCUT2D eigenvalue weighted by atomic mass is 9.82. The summed E-state index contributed by atoms with van der Waals surface area (Å²) in [5.74, 6) is -0.118. The second kappa shape index (κ2) is 10.0. The van der Waals surface area contributed by atoms with Crippen molar-refractivity contribution < 1.29 is 0 Å². The van der Waals surface area contributed by atoms with Gasteiger partial charge in [-0.1, -0.05) is 78.9 Å². The van der Waals surface area contributed by atoms with Gasteiger partial charge in [0.25, 0.3) is 0 Å². The molecule has 206 valence electrons. The molecule has 1 aliphatic heterocycles. The predicted octanol–water partition coefficient (Wildman–Crippen LogP) is 8.74. The minimum atomic E-state index is -0.212. The highest BCUT2D eigenvalue weighted by molar-refractivity contribution is 6.14. The molecule has 0 N–H and O–H groups in total. The molecule has 44 heavy (non-hydrogen) atoms. The van der Waals surface area contributed by atoms with Crippen molar-refractivity contribution >= 4 is 44.5 Å². The zero-order chi connectivity index (χ0) is 29.8. The first-order valence-corrected chi connectivity index (χ1v) is 14.7. The van der Waals surface area contributed by atoms with Crippen LogP contribution >= 0.6 is 0 Å². The van der Waals surface area contributed by atoms with Gasteiger partial charge in [-0.25, -0.2) is 0 Å². The van der Waals surface area contributed by atoms with E-state index in [1.54, 1.807) is 0 Å². The van der Waals surface area contributed by atoms with E-state index in [0.717, 1.165) is 50.0 Å². The molecule has 5 heteroatoms. The van der Waals surface area contributed by atoms with E-state index in [4.69, 9.17) is 0 Å². The molecule has 0 spiro atoms. The molecule has 2 heterocycles. The van der Waals surface area contributed by atoms with Crippen molar-refractivity contribution in [3.05, 3.63) is 144 Å². The molecule has 8 rings (SSSR count). The summed E-state index contributed by atoms with van der Waals surface area (Å²) in [4.78, 5) is 2.34. The fourth-order valence-electron chi connectivity index (χ4n) is 7.28. The molecule has 0 bridgehead atoms. The molecule has 0 amide bonds. The zero-order valence-corrected chi connectivity index (χ0v) is 23.7. The summed E-state index contributed by atoms with van der Waals surface area (Å²) in [6.45, 7) is 0. The quantitative estimate of drug-likeness (QED) is 0.220. The number of benzene rings is 4. The number of para-hydroxylation sites is 3. The van der Waals surface area contributed by atoms with Gasteiger partial charge in [-0.15, -0.1) is 0 Å². The summed E-state index contributed by atoms with van der Waals surface area (Å²) in [6, 6.07) is 35.7. The van der Waals surface area contributed by atoms with Crippen molar-refractivity contribution in [2.45, 2.75) is 18.4 Å². The van der Waals surface area contributed by atoms with Gasteiger partial charge >= 0.3 is 0 Å². The maximum absolute atomic E-state index is 10.1. The number of nitrogens with zero attached hydrogens (tertiary/aromatic N) is 5. The van der Waals surface area contributed by atoms with Gasteiger partial charge in [-0.2, -0.15) is 15.8 Å². The summed E-state index contributed by atoms with van der Waals surface area (Å²) in [5.41, 5.74) is 9.82. The third-order valence-corrected chi connectivity index (χ3v) is 9.11. The lowest BCUT2D eigenvalue weighted by molar-refractivity contribution is 0.761. The Hall–Kier alpha value is -6.09. The van der Waals surface area contributed by atoms with Crippen molar-refractivity contribution in [3.63, 3.8) is 0 Å². The molecule has 2 aliphatic carbocycles. The number of hydrogen-bond donors (Lipinski definition) is 0. The van der Waals surface area contributed by atoms with Crippen LogP contribution < -0.4 is 4.90 Å². The Morgan fingerprint density at radius 2 is 1.55 bits per heavy atom. The topological polar surface area (TPSA) is 79.5 Å². The molecule has 3 aliphatic rings. The number of fused-ring (bicyclic) bond motifs is 6. The van der Waals surface area contributed by atoms with E-state index in [1.165, 1.54) is 5.56 Å². The van der Waals surface area contributed by atoms with Crippen molar-refractivity contribution in [1.29, 1.82) is 15.8 Å². The molecule has 1 aromatic heterocycles. The van der Waals surface area contributed by atoms with Crippen LogP contribution in [0.15, 0.2) is 121 Å². The average molecular weight is 564 g/mol. The van der Waals surface area contributed by atoms with Gasteiger partial charge < -0.3 is 9.47 Å². The first kappa shape index (κ1) is 25.6. The minimum absolute atomic E-state index is 0.0780. The second-order valence-electron chi connectivity index (χ2n) is 11.4. The van der Waals surface area contributed by atoms with E-state index >= 15 is 0 Å². The zero-order valence-electron chi connectivity index (χ0n) is 23.7. The Balaban J connectivity index is 1.42. The van der Waals surface area contributed by atoms with Crippen molar-refractivity contribution in [2.24, 2.45) is 5.92 Å². The predicted molar refractivity (Wildman–Crippen MR) is 175 cm³/mol. The molecular weight excluding hydrogens is 538 g/mol. The average Bonchev–Trinajstić information content (AvgIpc) is 3.61. The molecule has 3 unspecified atom stereocenters. The number of anilines is 2. The van der Waals surface area contributed by atoms with Crippen molar-refractivity contribution in [1.82, 2.24) is 4.57 Å². The number of aromatic nitrogens is 1. The van der Waals surface area contributed by atoms with Gasteiger partial charge in [-0.05, 0) is 53.6 Å². The van der Waals surface area contributed by atoms with Crippen LogP contribution in [0.4, 0.5) is 11.4 Å². The van der Waals surface area contributed by atoms with Crippen LogP contribution in [0.3, 0.4) is 0 Å². The molecule has 0 saturated carbocycles. The lowest BCUT2D eigenvalue weighted by Gasteiger charge is -2.34. The van der Waals surface area contributed by atoms with Gasteiger partial charge in [0, 0.05) is 40.1 Å². The van der Waals surface area contributed by atoms with Crippen LogP contribution in [0.25, 0.3) is 33.1 Å². The molecule has 0 fully saturated rings. The second-order valence-corrected chi connectivity index (χ2v) is 11.4. The van der Waals surface area contributed by atoms with Crippen LogP contribution in [0.2, 0.25) is 0 Å². The van der Waals surface area contributed by atoms with Crippen LogP contribution in [0.1, 0.15) is 34.6 Å². The maximum atomic E-state index is 10.1. The maximum Gasteiger partial charge on any atom is 0.101 e. The highest BCUT2D eigenvalue weighted by atomic mass is 15.2. The first-order chi connectivity index (χ1) is 21.7. The SMILES string of the molecule is N#Cc1ccc2c(c1)c1cccc(C3=CC=CC4c5ccccc5N(c5ccccc5C#N)C34)c1n2C1=CC=CC(C#N)C1. The molecule has 4 aromatic carbocycles. The monoisotopic (exact) mass is 563 g/mol. The fraction of sp³-hybridized carbons (Fsp3) is 0.103. The van der Waals surface area contributed by atoms with Crippen molar-refractivity contribution in [3.8, 4) is 18.2 Å². The summed E-state index contributed by atoms with van der Waals surface area (Å²) < 4.78 is 2.29. The largest absolute Gasteiger partial charge is 0.332 e. The third kappa shape index (κ3) is 3.69. The van der Waals surface area contributed by atoms with E-state index in [1.807, 2.05) is 54.6 Å². The van der Waals surface area contributed by atoms with E-state index < -0.39 is 0 Å². The van der Waals surface area contributed by atoms with Gasteiger partial charge in [0.1, 0.15) is 6.07 Å². The van der Waals surface area contributed by atoms with E-state index in [2.05, 4.69) is 94.4 Å². The first-order valence-electron chi connectivity index (χ1n) is 14.7. The number of nitriles is 3. The van der Waals surface area contributed by atoms with Gasteiger partial charge in [0.2, 0.25) is 0 Å². The van der Waals surface area contributed by atoms with Gasteiger partial charge in [-0.3, -0.25) is 0 Å². The molecule has 5 aromatic rings. The number of rotatable bonds is 3. The smallest absolute Gasteiger partial charge is 0.101 e. The highest BCUT2D eigenvalue weighted by Crippen LogP contribution is 2.53. The molecule has 3 atom stereocenters. The summed E-state index contributed by atoms with van der Waals surface area (Å²) in [7, 11) is 0. The van der Waals surface area contributed by atoms with Crippen molar-refractivity contribution in [2.75, 3.05) is 4.90 Å². The van der Waals surface area contributed by atoms with E-state index in [9.17, 15) is 15.8 Å². The summed E-state index contributed by atoms with van der Waals surface area (Å²) in [5, 5.41) is 31.8. The van der Waals surface area contributed by atoms with E-state index in [-0.39, 0.29) is 17.9 Å².